The molecule has 2 heterocycles. The Balaban J connectivity index is 1.20. The van der Waals surface area contributed by atoms with Crippen LogP contribution in [0.2, 0.25) is 10.0 Å². The molecule has 4 bridgehead atoms. The van der Waals surface area contributed by atoms with Crippen molar-refractivity contribution in [2.75, 3.05) is 5.32 Å². The molecule has 4 fully saturated rings. The van der Waals surface area contributed by atoms with Crippen molar-refractivity contribution in [3.05, 3.63) is 67.7 Å². The van der Waals surface area contributed by atoms with E-state index >= 15 is 0 Å². The molecule has 2 atom stereocenters. The number of aromatic nitrogens is 4. The summed E-state index contributed by atoms with van der Waals surface area (Å²) in [6.45, 7) is 2.17. The Morgan fingerprint density at radius 2 is 1.87 bits per heavy atom. The third-order valence-electron chi connectivity index (χ3n) is 8.57. The first-order valence-electron chi connectivity index (χ1n) is 12.7. The van der Waals surface area contributed by atoms with Crippen molar-refractivity contribution in [2.24, 2.45) is 17.3 Å². The molecule has 0 aliphatic heterocycles. The maximum atomic E-state index is 13.3. The van der Waals surface area contributed by atoms with E-state index in [0.717, 1.165) is 44.1 Å². The third kappa shape index (κ3) is 4.37. The lowest BCUT2D eigenvalue weighted by Crippen LogP contribution is -2.57. The number of carbonyl (C=O) groups is 1. The lowest BCUT2D eigenvalue weighted by atomic mass is 9.46. The minimum absolute atomic E-state index is 0.0865. The van der Waals surface area contributed by atoms with Gasteiger partial charge in [0.15, 0.2) is 10.8 Å². The zero-order valence-electron chi connectivity index (χ0n) is 20.8. The Morgan fingerprint density at radius 3 is 2.50 bits per heavy atom. The van der Waals surface area contributed by atoms with E-state index in [1.807, 2.05) is 0 Å². The first-order chi connectivity index (χ1) is 18.0. The normalized spacial score (nSPS) is 27.6. The van der Waals surface area contributed by atoms with Gasteiger partial charge in [-0.15, -0.1) is 0 Å². The number of amides is 1. The molecule has 12 heteroatoms. The molecule has 3 aromatic rings. The lowest BCUT2D eigenvalue weighted by Gasteiger charge is -2.61. The molecule has 200 valence electrons. The molecule has 4 saturated carbocycles. The summed E-state index contributed by atoms with van der Waals surface area (Å²) in [6, 6.07) is 6.13. The molecular formula is C26H27Cl2FN6O3. The van der Waals surface area contributed by atoms with E-state index in [9.17, 15) is 19.3 Å². The largest absolute Gasteiger partial charge is 0.408 e. The van der Waals surface area contributed by atoms with Crippen LogP contribution in [0, 0.1) is 40.1 Å². The number of benzene rings is 1. The van der Waals surface area contributed by atoms with Crippen LogP contribution in [0.25, 0.3) is 0 Å². The number of carbonyl (C=O) groups excluding carboxylic acids is 1. The number of rotatable bonds is 7. The highest BCUT2D eigenvalue weighted by atomic mass is 35.5. The van der Waals surface area contributed by atoms with E-state index in [-0.39, 0.29) is 33.5 Å². The van der Waals surface area contributed by atoms with Crippen molar-refractivity contribution >= 4 is 40.7 Å². The summed E-state index contributed by atoms with van der Waals surface area (Å²) in [5, 5.41) is 23.6. The minimum atomic E-state index is -0.533. The molecule has 2 unspecified atom stereocenters. The van der Waals surface area contributed by atoms with Crippen molar-refractivity contribution in [3.8, 4) is 0 Å². The standard InChI is InChI=1S/C26H27Cl2FN6O3/c1-15-22(28)24(35(37)38)32-34(15)26-9-17-6-18(10-26)8-25(7-17,14-26)11-21(36)30-23-20(27)13-33(31-23)12-16-2-4-19(29)5-3-16/h2-5,13,17-18H,6-12,14H2,1H3,(H,30,31,36). The number of nitro groups is 1. The lowest BCUT2D eigenvalue weighted by molar-refractivity contribution is -0.389. The first kappa shape index (κ1) is 25.3. The number of nitrogens with one attached hydrogen (secondary N) is 1. The van der Waals surface area contributed by atoms with Gasteiger partial charge < -0.3 is 15.4 Å². The average Bonchev–Trinajstić information content (AvgIpc) is 3.32. The molecule has 38 heavy (non-hydrogen) atoms. The summed E-state index contributed by atoms with van der Waals surface area (Å²) in [7, 11) is 0. The van der Waals surface area contributed by atoms with Gasteiger partial charge in [-0.1, -0.05) is 35.3 Å². The van der Waals surface area contributed by atoms with Gasteiger partial charge in [0.05, 0.1) is 22.9 Å². The van der Waals surface area contributed by atoms with Gasteiger partial charge in [-0.2, -0.15) is 9.78 Å². The fourth-order valence-corrected chi connectivity index (χ4v) is 8.14. The molecular weight excluding hydrogens is 534 g/mol. The quantitative estimate of drug-likeness (QED) is 0.277. The van der Waals surface area contributed by atoms with Crippen molar-refractivity contribution in [2.45, 2.75) is 64.0 Å². The monoisotopic (exact) mass is 560 g/mol. The molecule has 1 amide bonds. The third-order valence-corrected chi connectivity index (χ3v) is 9.29. The van der Waals surface area contributed by atoms with Gasteiger partial charge in [0.2, 0.25) is 5.91 Å². The van der Waals surface area contributed by atoms with Crippen LogP contribution in [0.1, 0.15) is 56.2 Å². The summed E-state index contributed by atoms with van der Waals surface area (Å²) >= 11 is 12.7. The minimum Gasteiger partial charge on any atom is -0.358 e. The molecule has 9 nitrogen and oxygen atoms in total. The van der Waals surface area contributed by atoms with E-state index in [2.05, 4.69) is 15.5 Å². The molecule has 4 aliphatic rings. The predicted octanol–water partition coefficient (Wildman–Crippen LogP) is 6.11. The van der Waals surface area contributed by atoms with Crippen LogP contribution in [0.3, 0.4) is 0 Å². The summed E-state index contributed by atoms with van der Waals surface area (Å²) in [4.78, 5) is 24.3. The molecule has 4 aliphatic carbocycles. The Kier molecular flexibility index (Phi) is 6.03. The maximum Gasteiger partial charge on any atom is 0.408 e. The van der Waals surface area contributed by atoms with Gasteiger partial charge in [-0.05, 0) is 85.3 Å². The van der Waals surface area contributed by atoms with Gasteiger partial charge in [0, 0.05) is 12.6 Å². The summed E-state index contributed by atoms with van der Waals surface area (Å²) in [5.74, 6) is 0.391. The molecule has 2 aromatic heterocycles. The molecule has 1 N–H and O–H groups in total. The van der Waals surface area contributed by atoms with Crippen LogP contribution in [-0.2, 0) is 16.9 Å². The zero-order valence-corrected chi connectivity index (χ0v) is 22.3. The number of nitrogens with zero attached hydrogens (tertiary/aromatic N) is 5. The SMILES string of the molecule is Cc1c(Cl)c([N+](=O)[O-])nn1C12CC3CC(CC(CC(=O)Nc4nn(Cc5ccc(F)cc5)cc4Cl)(C3)C1)C2. The van der Waals surface area contributed by atoms with Gasteiger partial charge in [-0.25, -0.2) is 4.39 Å². The Hall–Kier alpha value is -2.98. The second kappa shape index (κ2) is 9.05. The highest BCUT2D eigenvalue weighted by molar-refractivity contribution is 6.33. The van der Waals surface area contributed by atoms with Crippen LogP contribution in [0.5, 0.6) is 0 Å². The number of hydrogen-bond acceptors (Lipinski definition) is 5. The first-order valence-corrected chi connectivity index (χ1v) is 13.5. The number of hydrogen-bond donors (Lipinski definition) is 1. The summed E-state index contributed by atoms with van der Waals surface area (Å²) in [6.07, 6.45) is 7.47. The van der Waals surface area contributed by atoms with Crippen molar-refractivity contribution in [3.63, 3.8) is 0 Å². The number of halogens is 3. The van der Waals surface area contributed by atoms with E-state index in [1.165, 1.54) is 12.1 Å². The molecule has 1 aromatic carbocycles. The van der Waals surface area contributed by atoms with Gasteiger partial charge >= 0.3 is 5.82 Å². The highest BCUT2D eigenvalue weighted by Crippen LogP contribution is 2.65. The second-order valence-electron chi connectivity index (χ2n) is 11.5. The average molecular weight is 561 g/mol. The molecule has 0 spiro atoms. The molecule has 0 saturated heterocycles. The zero-order chi connectivity index (χ0) is 26.8. The van der Waals surface area contributed by atoms with E-state index in [4.69, 9.17) is 23.2 Å². The van der Waals surface area contributed by atoms with Crippen molar-refractivity contribution in [1.29, 1.82) is 0 Å². The van der Waals surface area contributed by atoms with Crippen molar-refractivity contribution < 1.29 is 14.1 Å². The number of anilines is 1. The van der Waals surface area contributed by atoms with Gasteiger partial charge in [0.25, 0.3) is 0 Å². The topological polar surface area (TPSA) is 108 Å². The van der Waals surface area contributed by atoms with Crippen LogP contribution >= 0.6 is 23.2 Å². The van der Waals surface area contributed by atoms with E-state index in [0.29, 0.717) is 41.3 Å². The van der Waals surface area contributed by atoms with Crippen LogP contribution in [0.4, 0.5) is 16.0 Å². The Morgan fingerprint density at radius 1 is 1.18 bits per heavy atom. The highest BCUT2D eigenvalue weighted by Gasteiger charge is 2.61. The smallest absolute Gasteiger partial charge is 0.358 e. The van der Waals surface area contributed by atoms with Crippen LogP contribution < -0.4 is 5.32 Å². The van der Waals surface area contributed by atoms with Crippen molar-refractivity contribution in [1.82, 2.24) is 19.6 Å². The summed E-state index contributed by atoms with van der Waals surface area (Å²) < 4.78 is 16.6. The van der Waals surface area contributed by atoms with Crippen LogP contribution in [-0.4, -0.2) is 30.4 Å². The molecule has 0 radical (unpaired) electrons. The summed E-state index contributed by atoms with van der Waals surface area (Å²) in [5.41, 5.74) is 0.868. The fraction of sp³-hybridized carbons (Fsp3) is 0.500. The van der Waals surface area contributed by atoms with Crippen LogP contribution in [0.15, 0.2) is 30.5 Å². The van der Waals surface area contributed by atoms with Gasteiger partial charge in [-0.3, -0.25) is 9.48 Å². The predicted molar refractivity (Wildman–Crippen MR) is 140 cm³/mol. The Labute approximate surface area is 228 Å². The van der Waals surface area contributed by atoms with E-state index < -0.39 is 4.92 Å². The van der Waals surface area contributed by atoms with E-state index in [1.54, 1.807) is 34.6 Å². The fourth-order valence-electron chi connectivity index (χ4n) is 7.76. The molecule has 7 rings (SSSR count). The Bertz CT molecular complexity index is 1420. The maximum absolute atomic E-state index is 13.3. The van der Waals surface area contributed by atoms with Gasteiger partial charge in [0.1, 0.15) is 10.8 Å². The second-order valence-corrected chi connectivity index (χ2v) is 12.2.